The van der Waals surface area contributed by atoms with E-state index in [9.17, 15) is 14.9 Å². The molecule has 1 N–H and O–H groups in total. The summed E-state index contributed by atoms with van der Waals surface area (Å²) in [5, 5.41) is 13.5. The average molecular weight is 332 g/mol. The number of nitro benzene ring substituents is 1. The van der Waals surface area contributed by atoms with Crippen molar-refractivity contribution < 1.29 is 14.1 Å². The van der Waals surface area contributed by atoms with E-state index < -0.39 is 4.92 Å². The maximum atomic E-state index is 11.5. The molecule has 1 amide bonds. The van der Waals surface area contributed by atoms with E-state index in [0.717, 1.165) is 0 Å². The lowest BCUT2D eigenvalue weighted by Gasteiger charge is -2.06. The number of para-hydroxylation sites is 1. The van der Waals surface area contributed by atoms with Gasteiger partial charge in [0.25, 0.3) is 5.69 Å². The number of oxazole rings is 1. The van der Waals surface area contributed by atoms with Crippen molar-refractivity contribution >= 4 is 40.0 Å². The van der Waals surface area contributed by atoms with Crippen molar-refractivity contribution in [3.8, 4) is 11.5 Å². The summed E-state index contributed by atoms with van der Waals surface area (Å²) in [5.41, 5.74) is 1.77. The van der Waals surface area contributed by atoms with Gasteiger partial charge in [-0.25, -0.2) is 4.98 Å². The number of aromatic nitrogens is 1. The highest BCUT2D eigenvalue weighted by atomic mass is 35.5. The number of nitrogens with zero attached hydrogens (tertiary/aromatic N) is 2. The van der Waals surface area contributed by atoms with Crippen LogP contribution in [0.15, 0.2) is 46.9 Å². The summed E-state index contributed by atoms with van der Waals surface area (Å²) in [4.78, 5) is 26.1. The number of amides is 1. The van der Waals surface area contributed by atoms with E-state index >= 15 is 0 Å². The lowest BCUT2D eigenvalue weighted by molar-refractivity contribution is -0.384. The largest absolute Gasteiger partial charge is 0.436 e. The maximum Gasteiger partial charge on any atom is 0.273 e. The van der Waals surface area contributed by atoms with Gasteiger partial charge >= 0.3 is 0 Å². The molecule has 8 heteroatoms. The monoisotopic (exact) mass is 331 g/mol. The van der Waals surface area contributed by atoms with Crippen LogP contribution in [0.1, 0.15) is 0 Å². The Bertz CT molecular complexity index is 907. The summed E-state index contributed by atoms with van der Waals surface area (Å²) in [7, 11) is 0. The molecule has 0 aliphatic rings. The first-order valence-electron chi connectivity index (χ1n) is 6.58. The van der Waals surface area contributed by atoms with Crippen molar-refractivity contribution in [2.45, 2.75) is 0 Å². The Morgan fingerprint density at radius 2 is 2.09 bits per heavy atom. The minimum atomic E-state index is -0.504. The molecule has 0 spiro atoms. The number of alkyl halides is 1. The number of non-ortho nitro benzene ring substituents is 1. The molecule has 0 aliphatic carbocycles. The third-order valence-corrected chi connectivity index (χ3v) is 3.38. The lowest BCUT2D eigenvalue weighted by Crippen LogP contribution is -2.13. The summed E-state index contributed by atoms with van der Waals surface area (Å²) in [6.45, 7) is 0. The van der Waals surface area contributed by atoms with E-state index in [1.165, 1.54) is 18.2 Å². The summed E-state index contributed by atoms with van der Waals surface area (Å²) in [6, 6.07) is 11.1. The number of halogens is 1. The lowest BCUT2D eigenvalue weighted by atomic mass is 10.2. The number of carbonyl (C=O) groups excluding carboxylic acids is 1. The molecular formula is C15H10ClN3O4. The van der Waals surface area contributed by atoms with Crippen molar-refractivity contribution in [3.05, 3.63) is 52.6 Å². The van der Waals surface area contributed by atoms with Crippen LogP contribution in [0.2, 0.25) is 0 Å². The molecule has 0 bridgehead atoms. The Balaban J connectivity index is 2.06. The summed E-state index contributed by atoms with van der Waals surface area (Å²) < 4.78 is 5.60. The molecule has 23 heavy (non-hydrogen) atoms. The van der Waals surface area contributed by atoms with Crippen LogP contribution in [0.4, 0.5) is 11.4 Å². The molecular weight excluding hydrogens is 322 g/mol. The van der Waals surface area contributed by atoms with Gasteiger partial charge in [-0.1, -0.05) is 12.1 Å². The molecule has 0 fully saturated rings. The fourth-order valence-electron chi connectivity index (χ4n) is 2.10. The van der Waals surface area contributed by atoms with Crippen LogP contribution in [0.3, 0.4) is 0 Å². The Morgan fingerprint density at radius 3 is 2.83 bits per heavy atom. The van der Waals surface area contributed by atoms with Gasteiger partial charge in [0, 0.05) is 6.07 Å². The molecule has 3 aromatic rings. The minimum absolute atomic E-state index is 0.0797. The smallest absolute Gasteiger partial charge is 0.273 e. The molecule has 1 aromatic heterocycles. The Hall–Kier alpha value is -2.93. The molecule has 0 atom stereocenters. The fraction of sp³-hybridized carbons (Fsp3) is 0.0667. The Labute approximate surface area is 135 Å². The molecule has 0 radical (unpaired) electrons. The molecule has 0 aliphatic heterocycles. The molecule has 0 unspecified atom stereocenters. The predicted molar refractivity (Wildman–Crippen MR) is 85.4 cm³/mol. The number of fused-ring (bicyclic) bond motifs is 1. The number of hydrogen-bond donors (Lipinski definition) is 1. The van der Waals surface area contributed by atoms with Crippen molar-refractivity contribution in [3.63, 3.8) is 0 Å². The summed E-state index contributed by atoms with van der Waals surface area (Å²) in [5.74, 6) is -0.273. The zero-order chi connectivity index (χ0) is 16.4. The van der Waals surface area contributed by atoms with Crippen molar-refractivity contribution in [2.24, 2.45) is 0 Å². The van der Waals surface area contributed by atoms with Gasteiger partial charge in [-0.2, -0.15) is 0 Å². The van der Waals surface area contributed by atoms with Crippen LogP contribution in [0.5, 0.6) is 0 Å². The third-order valence-electron chi connectivity index (χ3n) is 3.14. The van der Waals surface area contributed by atoms with E-state index in [1.54, 1.807) is 24.3 Å². The topological polar surface area (TPSA) is 98.3 Å². The van der Waals surface area contributed by atoms with Gasteiger partial charge in [-0.3, -0.25) is 14.9 Å². The maximum absolute atomic E-state index is 11.5. The average Bonchev–Trinajstić information content (AvgIpc) is 2.98. The Morgan fingerprint density at radius 1 is 1.30 bits per heavy atom. The van der Waals surface area contributed by atoms with Gasteiger partial charge in [0.2, 0.25) is 11.8 Å². The third kappa shape index (κ3) is 3.00. The van der Waals surface area contributed by atoms with E-state index in [-0.39, 0.29) is 23.4 Å². The van der Waals surface area contributed by atoms with E-state index in [0.29, 0.717) is 22.4 Å². The van der Waals surface area contributed by atoms with Crippen molar-refractivity contribution in [1.29, 1.82) is 0 Å². The van der Waals surface area contributed by atoms with Gasteiger partial charge in [0.1, 0.15) is 11.4 Å². The first-order valence-corrected chi connectivity index (χ1v) is 7.12. The number of hydrogen-bond acceptors (Lipinski definition) is 5. The zero-order valence-corrected chi connectivity index (χ0v) is 12.4. The molecule has 7 nitrogen and oxygen atoms in total. The van der Waals surface area contributed by atoms with E-state index in [1.807, 2.05) is 0 Å². The van der Waals surface area contributed by atoms with Crippen molar-refractivity contribution in [1.82, 2.24) is 4.98 Å². The molecule has 0 saturated carbocycles. The first kappa shape index (κ1) is 15.0. The van der Waals surface area contributed by atoms with Crippen LogP contribution < -0.4 is 5.32 Å². The van der Waals surface area contributed by atoms with Gasteiger partial charge in [-0.15, -0.1) is 11.6 Å². The predicted octanol–water partition coefficient (Wildman–Crippen LogP) is 3.58. The molecule has 2 aromatic carbocycles. The second kappa shape index (κ2) is 6.05. The number of nitrogens with one attached hydrogen (secondary N) is 1. The van der Waals surface area contributed by atoms with E-state index in [2.05, 4.69) is 10.3 Å². The second-order valence-corrected chi connectivity index (χ2v) is 4.92. The zero-order valence-electron chi connectivity index (χ0n) is 11.7. The van der Waals surface area contributed by atoms with Crippen LogP contribution >= 0.6 is 11.6 Å². The van der Waals surface area contributed by atoms with Crippen LogP contribution in [0.25, 0.3) is 22.6 Å². The normalized spacial score (nSPS) is 10.7. The number of nitro groups is 1. The summed E-state index contributed by atoms with van der Waals surface area (Å²) >= 11 is 5.50. The fourth-order valence-corrected chi connectivity index (χ4v) is 2.17. The van der Waals surface area contributed by atoms with Gasteiger partial charge in [0.15, 0.2) is 5.58 Å². The standard InChI is InChI=1S/C15H10ClN3O4/c16-8-14(20)17-11-4-2-1-3-10(11)15-18-12-6-5-9(19(21)22)7-13(12)23-15/h1-7H,8H2,(H,17,20). The minimum Gasteiger partial charge on any atom is -0.436 e. The number of benzene rings is 2. The number of rotatable bonds is 4. The number of anilines is 1. The quantitative estimate of drug-likeness (QED) is 0.447. The van der Waals surface area contributed by atoms with Crippen LogP contribution in [0, 0.1) is 10.1 Å². The molecule has 0 saturated heterocycles. The molecule has 3 rings (SSSR count). The Kier molecular flexibility index (Phi) is 3.94. The molecule has 1 heterocycles. The molecule has 116 valence electrons. The highest BCUT2D eigenvalue weighted by Crippen LogP contribution is 2.31. The number of carbonyl (C=O) groups is 1. The van der Waals surface area contributed by atoms with Gasteiger partial charge < -0.3 is 9.73 Å². The van der Waals surface area contributed by atoms with Gasteiger partial charge in [0.05, 0.1) is 22.2 Å². The highest BCUT2D eigenvalue weighted by Gasteiger charge is 2.15. The second-order valence-electron chi connectivity index (χ2n) is 4.66. The van der Waals surface area contributed by atoms with E-state index in [4.69, 9.17) is 16.0 Å². The van der Waals surface area contributed by atoms with Crippen molar-refractivity contribution in [2.75, 3.05) is 11.2 Å². The van der Waals surface area contributed by atoms with Crippen LogP contribution in [-0.2, 0) is 4.79 Å². The SMILES string of the molecule is O=C(CCl)Nc1ccccc1-c1nc2ccc([N+](=O)[O-])cc2o1. The summed E-state index contributed by atoms with van der Waals surface area (Å²) in [6.07, 6.45) is 0. The van der Waals surface area contributed by atoms with Crippen LogP contribution in [-0.4, -0.2) is 21.7 Å². The highest BCUT2D eigenvalue weighted by molar-refractivity contribution is 6.29. The first-order chi connectivity index (χ1) is 11.1. The van der Waals surface area contributed by atoms with Gasteiger partial charge in [-0.05, 0) is 18.2 Å².